The summed E-state index contributed by atoms with van der Waals surface area (Å²) in [6.45, 7) is 7.24. The maximum absolute atomic E-state index is 9.65. The maximum atomic E-state index is 9.65. The summed E-state index contributed by atoms with van der Waals surface area (Å²) < 4.78 is 0. The Bertz CT molecular complexity index is 420. The number of hydrogen-bond acceptors (Lipinski definition) is 4. The predicted octanol–water partition coefficient (Wildman–Crippen LogP) is 1.72. The van der Waals surface area contributed by atoms with Crippen molar-refractivity contribution in [2.24, 2.45) is 0 Å². The molecule has 0 aliphatic carbocycles. The summed E-state index contributed by atoms with van der Waals surface area (Å²) in [6.07, 6.45) is 0. The Balaban J connectivity index is 2.09. The van der Waals surface area contributed by atoms with Gasteiger partial charge < -0.3 is 15.1 Å². The van der Waals surface area contributed by atoms with Crippen LogP contribution in [0.25, 0.3) is 0 Å². The number of phenolic OH excluding ortho intramolecular Hbond substituents is 1. The van der Waals surface area contributed by atoms with Crippen LogP contribution in [0.5, 0.6) is 5.75 Å². The molecule has 1 atom stereocenters. The van der Waals surface area contributed by atoms with E-state index in [-0.39, 0.29) is 18.4 Å². The van der Waals surface area contributed by atoms with Gasteiger partial charge in [0, 0.05) is 26.2 Å². The fourth-order valence-electron chi connectivity index (χ4n) is 2.55. The third-order valence-corrected chi connectivity index (χ3v) is 4.13. The molecule has 1 aliphatic rings. The van der Waals surface area contributed by atoms with E-state index in [0.29, 0.717) is 5.02 Å². The normalized spacial score (nSPS) is 19.5. The minimum absolute atomic E-state index is 0.0443. The zero-order valence-electron chi connectivity index (χ0n) is 11.2. The van der Waals surface area contributed by atoms with Crippen molar-refractivity contribution in [3.8, 4) is 5.75 Å². The minimum atomic E-state index is -0.0443. The Kier molecular flexibility index (Phi) is 5.05. The molecule has 1 aromatic rings. The fourth-order valence-corrected chi connectivity index (χ4v) is 2.74. The highest BCUT2D eigenvalue weighted by Crippen LogP contribution is 2.29. The van der Waals surface area contributed by atoms with Gasteiger partial charge in [-0.25, -0.2) is 0 Å². The van der Waals surface area contributed by atoms with Crippen molar-refractivity contribution in [1.29, 1.82) is 0 Å². The Morgan fingerprint density at radius 1 is 1.26 bits per heavy atom. The van der Waals surface area contributed by atoms with E-state index in [1.807, 2.05) is 6.07 Å². The number of benzene rings is 1. The van der Waals surface area contributed by atoms with Gasteiger partial charge in [0.25, 0.3) is 0 Å². The Morgan fingerprint density at radius 2 is 1.95 bits per heavy atom. The quantitative estimate of drug-likeness (QED) is 0.884. The molecule has 1 saturated heterocycles. The van der Waals surface area contributed by atoms with Crippen LogP contribution < -0.4 is 0 Å². The highest BCUT2D eigenvalue weighted by Gasteiger charge is 2.24. The van der Waals surface area contributed by atoms with Crippen molar-refractivity contribution < 1.29 is 10.2 Å². The molecule has 0 saturated carbocycles. The van der Waals surface area contributed by atoms with Crippen LogP contribution in [0, 0.1) is 0 Å². The molecule has 106 valence electrons. The Hall–Kier alpha value is -0.810. The Labute approximate surface area is 119 Å². The van der Waals surface area contributed by atoms with Crippen LogP contribution in [-0.2, 0) is 0 Å². The number of piperazine rings is 1. The minimum Gasteiger partial charge on any atom is -0.506 e. The van der Waals surface area contributed by atoms with Gasteiger partial charge in [0.1, 0.15) is 5.75 Å². The number of aromatic hydroxyl groups is 1. The summed E-state index contributed by atoms with van der Waals surface area (Å²) >= 11 is 5.94. The van der Waals surface area contributed by atoms with Gasteiger partial charge in [-0.2, -0.15) is 0 Å². The van der Waals surface area contributed by atoms with Crippen molar-refractivity contribution in [1.82, 2.24) is 9.80 Å². The van der Waals surface area contributed by atoms with Crippen LogP contribution in [0.3, 0.4) is 0 Å². The monoisotopic (exact) mass is 284 g/mol. The van der Waals surface area contributed by atoms with Crippen molar-refractivity contribution >= 4 is 11.6 Å². The fraction of sp³-hybridized carbons (Fsp3) is 0.571. The van der Waals surface area contributed by atoms with Crippen LogP contribution in [0.4, 0.5) is 0 Å². The van der Waals surface area contributed by atoms with E-state index in [1.165, 1.54) is 0 Å². The number of aliphatic hydroxyl groups is 1. The van der Waals surface area contributed by atoms with Gasteiger partial charge in [0.05, 0.1) is 17.7 Å². The summed E-state index contributed by atoms with van der Waals surface area (Å²) in [5.41, 5.74) is 0.954. The van der Waals surface area contributed by atoms with E-state index in [1.54, 1.807) is 12.1 Å². The van der Waals surface area contributed by atoms with E-state index in [4.69, 9.17) is 11.6 Å². The molecule has 1 heterocycles. The zero-order chi connectivity index (χ0) is 13.8. The first-order chi connectivity index (χ1) is 9.15. The van der Waals surface area contributed by atoms with Crippen molar-refractivity contribution in [2.45, 2.75) is 13.0 Å². The summed E-state index contributed by atoms with van der Waals surface area (Å²) in [7, 11) is 0. The average molecular weight is 285 g/mol. The van der Waals surface area contributed by atoms with E-state index < -0.39 is 0 Å². The van der Waals surface area contributed by atoms with E-state index in [0.717, 1.165) is 38.3 Å². The first kappa shape index (κ1) is 14.6. The highest BCUT2D eigenvalue weighted by molar-refractivity contribution is 6.32. The molecule has 1 aromatic carbocycles. The summed E-state index contributed by atoms with van der Waals surface area (Å²) in [5, 5.41) is 19.5. The summed E-state index contributed by atoms with van der Waals surface area (Å²) in [5.74, 6) is 0.0814. The summed E-state index contributed by atoms with van der Waals surface area (Å²) in [4.78, 5) is 4.67. The van der Waals surface area contributed by atoms with Gasteiger partial charge in [0.15, 0.2) is 0 Å². The van der Waals surface area contributed by atoms with Crippen molar-refractivity contribution in [3.05, 3.63) is 28.8 Å². The number of nitrogens with zero attached hydrogens (tertiary/aromatic N) is 2. The number of halogens is 1. The zero-order valence-corrected chi connectivity index (χ0v) is 12.0. The van der Waals surface area contributed by atoms with E-state index >= 15 is 0 Å². The molecule has 0 bridgehead atoms. The SMILES string of the molecule is CCN1CCN(C(CO)c2ccc(O)c(Cl)c2)CC1. The molecule has 1 unspecified atom stereocenters. The van der Waals surface area contributed by atoms with E-state index in [2.05, 4.69) is 16.7 Å². The molecule has 1 aliphatic heterocycles. The van der Waals surface area contributed by atoms with Gasteiger partial charge in [-0.1, -0.05) is 24.6 Å². The first-order valence-electron chi connectivity index (χ1n) is 6.71. The number of aliphatic hydroxyl groups excluding tert-OH is 1. The predicted molar refractivity (Wildman–Crippen MR) is 76.6 cm³/mol. The second-order valence-corrected chi connectivity index (χ2v) is 5.29. The van der Waals surface area contributed by atoms with Gasteiger partial charge in [0.2, 0.25) is 0 Å². The molecule has 0 aromatic heterocycles. The van der Waals surface area contributed by atoms with Crippen LogP contribution in [0.1, 0.15) is 18.5 Å². The standard InChI is InChI=1S/C14H21ClN2O2/c1-2-16-5-7-17(8-6-16)13(10-18)11-3-4-14(19)12(15)9-11/h3-4,9,13,18-19H,2,5-8,10H2,1H3. The third-order valence-electron chi connectivity index (χ3n) is 3.82. The average Bonchev–Trinajstić information content (AvgIpc) is 2.44. The summed E-state index contributed by atoms with van der Waals surface area (Å²) in [6, 6.07) is 5.11. The number of hydrogen-bond donors (Lipinski definition) is 2. The maximum Gasteiger partial charge on any atom is 0.134 e. The largest absolute Gasteiger partial charge is 0.506 e. The molecule has 5 heteroatoms. The lowest BCUT2D eigenvalue weighted by Crippen LogP contribution is -2.48. The molecule has 19 heavy (non-hydrogen) atoms. The second kappa shape index (κ2) is 6.57. The van der Waals surface area contributed by atoms with Crippen LogP contribution in [-0.4, -0.2) is 59.3 Å². The molecule has 0 spiro atoms. The molecule has 4 nitrogen and oxygen atoms in total. The highest BCUT2D eigenvalue weighted by atomic mass is 35.5. The lowest BCUT2D eigenvalue weighted by atomic mass is 10.0. The molecule has 1 fully saturated rings. The molecule has 2 rings (SSSR count). The molecular formula is C14H21ClN2O2. The number of likely N-dealkylation sites (N-methyl/N-ethyl adjacent to an activating group) is 1. The van der Waals surface area contributed by atoms with Gasteiger partial charge >= 0.3 is 0 Å². The Morgan fingerprint density at radius 3 is 2.47 bits per heavy atom. The second-order valence-electron chi connectivity index (χ2n) is 4.88. The molecule has 0 amide bonds. The molecular weight excluding hydrogens is 264 g/mol. The third kappa shape index (κ3) is 3.39. The first-order valence-corrected chi connectivity index (χ1v) is 7.09. The van der Waals surface area contributed by atoms with Crippen LogP contribution >= 0.6 is 11.6 Å². The van der Waals surface area contributed by atoms with Crippen molar-refractivity contribution in [3.63, 3.8) is 0 Å². The lowest BCUT2D eigenvalue weighted by molar-refractivity contribution is 0.0672. The number of phenols is 1. The topological polar surface area (TPSA) is 46.9 Å². The van der Waals surface area contributed by atoms with Gasteiger partial charge in [-0.3, -0.25) is 4.90 Å². The number of rotatable bonds is 4. The lowest BCUT2D eigenvalue weighted by Gasteiger charge is -2.38. The van der Waals surface area contributed by atoms with Crippen LogP contribution in [0.15, 0.2) is 18.2 Å². The smallest absolute Gasteiger partial charge is 0.134 e. The van der Waals surface area contributed by atoms with Gasteiger partial charge in [-0.05, 0) is 24.2 Å². The molecule has 2 N–H and O–H groups in total. The molecule has 0 radical (unpaired) electrons. The van der Waals surface area contributed by atoms with Crippen LogP contribution in [0.2, 0.25) is 5.02 Å². The van der Waals surface area contributed by atoms with E-state index in [9.17, 15) is 10.2 Å². The van der Waals surface area contributed by atoms with Crippen molar-refractivity contribution in [2.75, 3.05) is 39.3 Å². The van der Waals surface area contributed by atoms with Gasteiger partial charge in [-0.15, -0.1) is 0 Å².